The van der Waals surface area contributed by atoms with Gasteiger partial charge in [0.2, 0.25) is 5.91 Å². The molecule has 0 radical (unpaired) electrons. The number of nitrogens with one attached hydrogen (secondary N) is 2. The summed E-state index contributed by atoms with van der Waals surface area (Å²) in [5.41, 5.74) is 1.91. The average Bonchev–Trinajstić information content (AvgIpc) is 2.65. The smallest absolute Gasteiger partial charge is 0.238 e. The lowest BCUT2D eigenvalue weighted by atomic mass is 10.00. The lowest BCUT2D eigenvalue weighted by molar-refractivity contribution is -0.115. The van der Waals surface area contributed by atoms with Crippen molar-refractivity contribution in [3.63, 3.8) is 0 Å². The fourth-order valence-electron chi connectivity index (χ4n) is 2.89. The van der Waals surface area contributed by atoms with E-state index in [4.69, 9.17) is 4.74 Å². The predicted molar refractivity (Wildman–Crippen MR) is 102 cm³/mol. The molecule has 2 N–H and O–H groups in total. The van der Waals surface area contributed by atoms with Crippen LogP contribution in [0.3, 0.4) is 0 Å². The maximum Gasteiger partial charge on any atom is 0.238 e. The Kier molecular flexibility index (Phi) is 5.31. The SMILES string of the molecule is COc1cccc(NC(=O)CN[C@H](C)c2cccc3ccccc23)c1. The van der Waals surface area contributed by atoms with Gasteiger partial charge in [-0.25, -0.2) is 0 Å². The van der Waals surface area contributed by atoms with E-state index in [1.54, 1.807) is 13.2 Å². The number of hydrogen-bond donors (Lipinski definition) is 2. The lowest BCUT2D eigenvalue weighted by Crippen LogP contribution is -2.30. The highest BCUT2D eigenvalue weighted by Crippen LogP contribution is 2.24. The Morgan fingerprint density at radius 3 is 2.64 bits per heavy atom. The quantitative estimate of drug-likeness (QED) is 0.712. The molecule has 0 aliphatic carbocycles. The summed E-state index contributed by atoms with van der Waals surface area (Å²) in [5, 5.41) is 8.59. The number of hydrogen-bond acceptors (Lipinski definition) is 3. The first kappa shape index (κ1) is 17.0. The van der Waals surface area contributed by atoms with Gasteiger partial charge in [0.25, 0.3) is 0 Å². The molecule has 25 heavy (non-hydrogen) atoms. The van der Waals surface area contributed by atoms with Crippen LogP contribution >= 0.6 is 0 Å². The van der Waals surface area contributed by atoms with Gasteiger partial charge in [0, 0.05) is 17.8 Å². The zero-order valence-electron chi connectivity index (χ0n) is 14.5. The third kappa shape index (κ3) is 4.17. The van der Waals surface area contributed by atoms with Gasteiger partial charge >= 0.3 is 0 Å². The molecule has 4 heteroatoms. The highest BCUT2D eigenvalue weighted by atomic mass is 16.5. The molecule has 0 saturated heterocycles. The highest BCUT2D eigenvalue weighted by Gasteiger charge is 2.11. The van der Waals surface area contributed by atoms with E-state index in [9.17, 15) is 4.79 Å². The van der Waals surface area contributed by atoms with Crippen molar-refractivity contribution in [3.05, 3.63) is 72.3 Å². The fraction of sp³-hybridized carbons (Fsp3) is 0.190. The molecule has 0 aromatic heterocycles. The Labute approximate surface area is 147 Å². The molecule has 3 rings (SSSR count). The third-order valence-corrected chi connectivity index (χ3v) is 4.21. The van der Waals surface area contributed by atoms with Crippen molar-refractivity contribution < 1.29 is 9.53 Å². The molecule has 1 amide bonds. The van der Waals surface area contributed by atoms with Crippen LogP contribution in [0.1, 0.15) is 18.5 Å². The van der Waals surface area contributed by atoms with Gasteiger partial charge in [-0.15, -0.1) is 0 Å². The molecule has 4 nitrogen and oxygen atoms in total. The van der Waals surface area contributed by atoms with Crippen LogP contribution in [0.5, 0.6) is 5.75 Å². The zero-order valence-corrected chi connectivity index (χ0v) is 14.5. The maximum absolute atomic E-state index is 12.2. The average molecular weight is 334 g/mol. The van der Waals surface area contributed by atoms with E-state index in [1.807, 2.05) is 36.4 Å². The number of anilines is 1. The fourth-order valence-corrected chi connectivity index (χ4v) is 2.89. The molecule has 0 saturated carbocycles. The number of rotatable bonds is 6. The van der Waals surface area contributed by atoms with Crippen LogP contribution in [0.4, 0.5) is 5.69 Å². The van der Waals surface area contributed by atoms with Crippen LogP contribution in [-0.2, 0) is 4.79 Å². The first-order chi connectivity index (χ1) is 12.2. The van der Waals surface area contributed by atoms with Gasteiger partial charge in [0.1, 0.15) is 5.75 Å². The van der Waals surface area contributed by atoms with Crippen LogP contribution in [-0.4, -0.2) is 19.6 Å². The summed E-state index contributed by atoms with van der Waals surface area (Å²) >= 11 is 0. The molecule has 1 atom stereocenters. The second kappa shape index (κ2) is 7.81. The minimum atomic E-state index is -0.0830. The molecule has 128 valence electrons. The summed E-state index contributed by atoms with van der Waals surface area (Å²) in [6, 6.07) is 21.9. The van der Waals surface area contributed by atoms with Gasteiger partial charge in [-0.3, -0.25) is 4.79 Å². The molecule has 0 unspecified atom stereocenters. The van der Waals surface area contributed by atoms with Gasteiger partial charge in [-0.05, 0) is 35.4 Å². The molecule has 0 aliphatic heterocycles. The van der Waals surface area contributed by atoms with Gasteiger partial charge in [-0.1, -0.05) is 48.5 Å². The number of amides is 1. The zero-order chi connectivity index (χ0) is 17.6. The second-order valence-electron chi connectivity index (χ2n) is 5.95. The summed E-state index contributed by atoms with van der Waals surface area (Å²) in [6.45, 7) is 2.31. The van der Waals surface area contributed by atoms with Gasteiger partial charge < -0.3 is 15.4 Å². The van der Waals surface area contributed by atoms with E-state index in [0.717, 1.165) is 11.4 Å². The number of benzene rings is 3. The molecule has 0 fully saturated rings. The Hall–Kier alpha value is -2.85. The first-order valence-electron chi connectivity index (χ1n) is 8.32. The first-order valence-corrected chi connectivity index (χ1v) is 8.32. The second-order valence-corrected chi connectivity index (χ2v) is 5.95. The van der Waals surface area contributed by atoms with E-state index in [0.29, 0.717) is 0 Å². The lowest BCUT2D eigenvalue weighted by Gasteiger charge is -2.16. The van der Waals surface area contributed by atoms with E-state index in [-0.39, 0.29) is 18.5 Å². The van der Waals surface area contributed by atoms with Crippen LogP contribution in [0, 0.1) is 0 Å². The van der Waals surface area contributed by atoms with Gasteiger partial charge in [0.05, 0.1) is 13.7 Å². The Morgan fingerprint density at radius 1 is 1.04 bits per heavy atom. The summed E-state index contributed by atoms with van der Waals surface area (Å²) in [7, 11) is 1.61. The molecular formula is C21H22N2O2. The number of carbonyl (C=O) groups is 1. The van der Waals surface area contributed by atoms with Gasteiger partial charge in [-0.2, -0.15) is 0 Å². The van der Waals surface area contributed by atoms with Crippen LogP contribution in [0.2, 0.25) is 0 Å². The van der Waals surface area contributed by atoms with E-state index >= 15 is 0 Å². The summed E-state index contributed by atoms with van der Waals surface area (Å²) < 4.78 is 5.17. The van der Waals surface area contributed by atoms with Crippen molar-refractivity contribution in [1.29, 1.82) is 0 Å². The predicted octanol–water partition coefficient (Wildman–Crippen LogP) is 4.14. The van der Waals surface area contributed by atoms with Crippen molar-refractivity contribution in [3.8, 4) is 5.75 Å². The van der Waals surface area contributed by atoms with E-state index in [2.05, 4.69) is 41.8 Å². The Balaban J connectivity index is 1.63. The largest absolute Gasteiger partial charge is 0.497 e. The Bertz CT molecular complexity index is 871. The Morgan fingerprint density at radius 2 is 1.80 bits per heavy atom. The molecular weight excluding hydrogens is 312 g/mol. The van der Waals surface area contributed by atoms with Crippen molar-refractivity contribution in [2.45, 2.75) is 13.0 Å². The van der Waals surface area contributed by atoms with Crippen LogP contribution < -0.4 is 15.4 Å². The number of carbonyl (C=O) groups excluding carboxylic acids is 1. The highest BCUT2D eigenvalue weighted by molar-refractivity contribution is 5.92. The standard InChI is InChI=1S/C21H22N2O2/c1-15(19-12-5-8-16-7-3-4-11-20(16)19)22-14-21(24)23-17-9-6-10-18(13-17)25-2/h3-13,15,22H,14H2,1-2H3,(H,23,24)/t15-/m1/s1. The third-order valence-electron chi connectivity index (χ3n) is 4.21. The number of fused-ring (bicyclic) bond motifs is 1. The van der Waals surface area contributed by atoms with Crippen molar-refractivity contribution >= 4 is 22.4 Å². The van der Waals surface area contributed by atoms with E-state index < -0.39 is 0 Å². The molecule has 3 aromatic carbocycles. The van der Waals surface area contributed by atoms with Crippen molar-refractivity contribution in [2.24, 2.45) is 0 Å². The van der Waals surface area contributed by atoms with Crippen LogP contribution in [0.15, 0.2) is 66.7 Å². The molecule has 0 spiro atoms. The summed E-state index contributed by atoms with van der Waals surface area (Å²) in [6.07, 6.45) is 0. The minimum absolute atomic E-state index is 0.0714. The normalized spacial score (nSPS) is 11.9. The van der Waals surface area contributed by atoms with Gasteiger partial charge in [0.15, 0.2) is 0 Å². The van der Waals surface area contributed by atoms with Crippen molar-refractivity contribution in [2.75, 3.05) is 19.0 Å². The number of ether oxygens (including phenoxy) is 1. The monoisotopic (exact) mass is 334 g/mol. The topological polar surface area (TPSA) is 50.4 Å². The molecule has 0 aliphatic rings. The summed E-state index contributed by atoms with van der Waals surface area (Å²) in [5.74, 6) is 0.634. The molecule has 3 aromatic rings. The molecule has 0 heterocycles. The molecule has 0 bridgehead atoms. The summed E-state index contributed by atoms with van der Waals surface area (Å²) in [4.78, 5) is 12.2. The minimum Gasteiger partial charge on any atom is -0.497 e. The van der Waals surface area contributed by atoms with Crippen molar-refractivity contribution in [1.82, 2.24) is 5.32 Å². The maximum atomic E-state index is 12.2. The number of methoxy groups -OCH3 is 1. The van der Waals surface area contributed by atoms with Crippen LogP contribution in [0.25, 0.3) is 10.8 Å². The van der Waals surface area contributed by atoms with E-state index in [1.165, 1.54) is 16.3 Å².